The van der Waals surface area contributed by atoms with Gasteiger partial charge < -0.3 is 9.84 Å². The molecule has 1 aliphatic rings. The van der Waals surface area contributed by atoms with E-state index >= 15 is 0 Å². The number of nitrogens with zero attached hydrogens (tertiary/aromatic N) is 6. The van der Waals surface area contributed by atoms with Crippen molar-refractivity contribution in [2.24, 2.45) is 0 Å². The van der Waals surface area contributed by atoms with Crippen molar-refractivity contribution >= 4 is 23.3 Å². The minimum absolute atomic E-state index is 0.000863. The molecule has 192 valence electrons. The highest BCUT2D eigenvalue weighted by Crippen LogP contribution is 2.42. The fourth-order valence-corrected chi connectivity index (χ4v) is 3.97. The van der Waals surface area contributed by atoms with Crippen molar-refractivity contribution in [3.05, 3.63) is 83.1 Å². The molecule has 1 atom stereocenters. The highest BCUT2D eigenvalue weighted by Gasteiger charge is 2.47. The Hall–Kier alpha value is -5.14. The number of halogens is 3. The van der Waals surface area contributed by atoms with Crippen LogP contribution in [0.15, 0.2) is 66.2 Å². The Kier molecular flexibility index (Phi) is 6.06. The quantitative estimate of drug-likeness (QED) is 0.228. The SMILES string of the molecule is Cc1ccc(N2C(=O)C(=O)C(=C(O)c3ccc(OC(F)(F)F)cc3)C2c2ccc(-c3nn[nH]n3)cc2)nn1. The van der Waals surface area contributed by atoms with Crippen molar-refractivity contribution in [2.45, 2.75) is 19.3 Å². The van der Waals surface area contributed by atoms with Crippen LogP contribution in [0.3, 0.4) is 0 Å². The molecule has 14 heteroatoms. The average molecular weight is 523 g/mol. The lowest BCUT2D eigenvalue weighted by atomic mass is 9.94. The summed E-state index contributed by atoms with van der Waals surface area (Å²) in [5, 5.41) is 32.8. The first-order chi connectivity index (χ1) is 18.1. The number of benzene rings is 2. The third-order valence-corrected chi connectivity index (χ3v) is 5.67. The van der Waals surface area contributed by atoms with Crippen molar-refractivity contribution < 1.29 is 32.6 Å². The summed E-state index contributed by atoms with van der Waals surface area (Å²) in [4.78, 5) is 27.5. The molecule has 0 bridgehead atoms. The molecule has 2 aromatic carbocycles. The summed E-state index contributed by atoms with van der Waals surface area (Å²) < 4.78 is 41.5. The molecule has 3 heterocycles. The summed E-state index contributed by atoms with van der Waals surface area (Å²) in [7, 11) is 0. The number of carbonyl (C=O) groups is 2. The topological polar surface area (TPSA) is 147 Å². The van der Waals surface area contributed by atoms with Gasteiger partial charge in [0.05, 0.1) is 17.3 Å². The van der Waals surface area contributed by atoms with Gasteiger partial charge >= 0.3 is 12.3 Å². The number of aryl methyl sites for hydroxylation is 1. The number of aromatic nitrogens is 6. The number of aliphatic hydroxyl groups is 1. The Balaban J connectivity index is 1.61. The first kappa shape index (κ1) is 24.5. The minimum Gasteiger partial charge on any atom is -0.507 e. The van der Waals surface area contributed by atoms with Gasteiger partial charge in [0, 0.05) is 11.1 Å². The van der Waals surface area contributed by atoms with Crippen LogP contribution < -0.4 is 9.64 Å². The molecule has 0 aliphatic carbocycles. The van der Waals surface area contributed by atoms with E-state index in [0.717, 1.165) is 29.2 Å². The lowest BCUT2D eigenvalue weighted by Gasteiger charge is -2.24. The third-order valence-electron chi connectivity index (χ3n) is 5.67. The first-order valence-corrected chi connectivity index (χ1v) is 10.9. The Morgan fingerprint density at radius 2 is 1.68 bits per heavy atom. The fourth-order valence-electron chi connectivity index (χ4n) is 3.97. The molecule has 11 nitrogen and oxygen atoms in total. The molecule has 1 aliphatic heterocycles. The number of ether oxygens (including phenoxy) is 1. The van der Waals surface area contributed by atoms with E-state index in [0.29, 0.717) is 22.6 Å². The van der Waals surface area contributed by atoms with E-state index in [2.05, 4.69) is 35.6 Å². The molecule has 1 unspecified atom stereocenters. The summed E-state index contributed by atoms with van der Waals surface area (Å²) in [5.74, 6) is -2.69. The predicted molar refractivity (Wildman–Crippen MR) is 124 cm³/mol. The van der Waals surface area contributed by atoms with Gasteiger partial charge in [-0.25, -0.2) is 0 Å². The molecular weight excluding hydrogens is 507 g/mol. The smallest absolute Gasteiger partial charge is 0.507 e. The Morgan fingerprint density at radius 1 is 0.974 bits per heavy atom. The average Bonchev–Trinajstić information content (AvgIpc) is 3.51. The summed E-state index contributed by atoms with van der Waals surface area (Å²) >= 11 is 0. The number of amides is 1. The lowest BCUT2D eigenvalue weighted by Crippen LogP contribution is -2.30. The molecule has 2 aromatic heterocycles. The van der Waals surface area contributed by atoms with E-state index < -0.39 is 35.6 Å². The second kappa shape index (κ2) is 9.38. The zero-order valence-electron chi connectivity index (χ0n) is 19.3. The lowest BCUT2D eigenvalue weighted by molar-refractivity contribution is -0.274. The van der Waals surface area contributed by atoms with Crippen molar-refractivity contribution in [3.8, 4) is 17.1 Å². The van der Waals surface area contributed by atoms with Crippen LogP contribution in [-0.2, 0) is 9.59 Å². The maximum absolute atomic E-state index is 13.2. The molecule has 4 aromatic rings. The zero-order valence-corrected chi connectivity index (χ0v) is 19.3. The summed E-state index contributed by atoms with van der Waals surface area (Å²) in [6, 6.07) is 12.8. The Bertz CT molecular complexity index is 1520. The maximum Gasteiger partial charge on any atom is 0.573 e. The number of aliphatic hydroxyl groups excluding tert-OH is 1. The Morgan fingerprint density at radius 3 is 2.26 bits per heavy atom. The van der Waals surface area contributed by atoms with Crippen molar-refractivity contribution in [1.82, 2.24) is 30.8 Å². The number of alkyl halides is 3. The molecule has 1 saturated heterocycles. The third kappa shape index (κ3) is 4.66. The van der Waals surface area contributed by atoms with Gasteiger partial charge in [-0.15, -0.1) is 28.5 Å². The van der Waals surface area contributed by atoms with Gasteiger partial charge in [-0.05, 0) is 54.1 Å². The molecule has 1 fully saturated rings. The first-order valence-electron chi connectivity index (χ1n) is 10.9. The van der Waals surface area contributed by atoms with E-state index in [1.165, 1.54) is 6.07 Å². The monoisotopic (exact) mass is 523 g/mol. The van der Waals surface area contributed by atoms with Gasteiger partial charge in [-0.2, -0.15) is 10.3 Å². The van der Waals surface area contributed by atoms with E-state index in [-0.39, 0.29) is 17.0 Å². The number of hydrogen-bond donors (Lipinski definition) is 2. The van der Waals surface area contributed by atoms with Crippen LogP contribution in [-0.4, -0.2) is 54.0 Å². The van der Waals surface area contributed by atoms with Gasteiger partial charge in [0.15, 0.2) is 5.82 Å². The number of tetrazole rings is 1. The molecule has 0 saturated carbocycles. The summed E-state index contributed by atoms with van der Waals surface area (Å²) in [6.45, 7) is 1.70. The summed E-state index contributed by atoms with van der Waals surface area (Å²) in [5.41, 5.74) is 1.31. The second-order valence-electron chi connectivity index (χ2n) is 8.13. The normalized spacial score (nSPS) is 17.2. The highest BCUT2D eigenvalue weighted by molar-refractivity contribution is 6.51. The molecule has 5 rings (SSSR count). The number of ketones is 1. The number of nitrogens with one attached hydrogen (secondary N) is 1. The van der Waals surface area contributed by atoms with Crippen LogP contribution in [0.25, 0.3) is 17.1 Å². The van der Waals surface area contributed by atoms with Gasteiger partial charge in [-0.1, -0.05) is 24.3 Å². The van der Waals surface area contributed by atoms with Gasteiger partial charge in [0.25, 0.3) is 5.78 Å². The van der Waals surface area contributed by atoms with Gasteiger partial charge in [-0.3, -0.25) is 14.5 Å². The van der Waals surface area contributed by atoms with E-state index in [1.54, 1.807) is 37.3 Å². The van der Waals surface area contributed by atoms with E-state index in [9.17, 15) is 27.9 Å². The predicted octanol–water partition coefficient (Wildman–Crippen LogP) is 3.49. The zero-order chi connectivity index (χ0) is 27.0. The maximum atomic E-state index is 13.2. The molecule has 1 amide bonds. The van der Waals surface area contributed by atoms with Crippen molar-refractivity contribution in [3.63, 3.8) is 0 Å². The van der Waals surface area contributed by atoms with Crippen LogP contribution in [0.2, 0.25) is 0 Å². The highest BCUT2D eigenvalue weighted by atomic mass is 19.4. The Labute approximate surface area is 211 Å². The van der Waals surface area contributed by atoms with Crippen LogP contribution in [0.1, 0.15) is 22.9 Å². The number of Topliss-reactive ketones (excluding diaryl/α,β-unsaturated/α-hetero) is 1. The van der Waals surface area contributed by atoms with Crippen LogP contribution in [0, 0.1) is 6.92 Å². The largest absolute Gasteiger partial charge is 0.573 e. The standard InChI is InChI=1S/C24H16F3N7O4/c1-12-2-11-17(29-28-12)34-19(13-3-5-15(6-4-13)22-30-32-33-31-22)18(21(36)23(34)37)20(35)14-7-9-16(10-8-14)38-24(25,26)27/h2-11,19,35H,1H3,(H,30,31,32,33). The van der Waals surface area contributed by atoms with Crippen LogP contribution >= 0.6 is 0 Å². The van der Waals surface area contributed by atoms with Crippen LogP contribution in [0.4, 0.5) is 19.0 Å². The van der Waals surface area contributed by atoms with Crippen molar-refractivity contribution in [1.29, 1.82) is 0 Å². The van der Waals surface area contributed by atoms with Crippen molar-refractivity contribution in [2.75, 3.05) is 4.90 Å². The van der Waals surface area contributed by atoms with E-state index in [4.69, 9.17) is 0 Å². The molecular formula is C24H16F3N7O4. The number of rotatable bonds is 5. The molecule has 38 heavy (non-hydrogen) atoms. The molecule has 0 radical (unpaired) electrons. The number of carbonyl (C=O) groups excluding carboxylic acids is 2. The van der Waals surface area contributed by atoms with Gasteiger partial charge in [0.2, 0.25) is 5.82 Å². The minimum atomic E-state index is -4.90. The summed E-state index contributed by atoms with van der Waals surface area (Å²) in [6.07, 6.45) is -4.90. The van der Waals surface area contributed by atoms with E-state index in [1.807, 2.05) is 0 Å². The number of H-pyrrole nitrogens is 1. The fraction of sp³-hybridized carbons (Fsp3) is 0.125. The number of anilines is 1. The van der Waals surface area contributed by atoms with Crippen LogP contribution in [0.5, 0.6) is 5.75 Å². The second-order valence-corrected chi connectivity index (χ2v) is 8.13. The van der Waals surface area contributed by atoms with Gasteiger partial charge in [0.1, 0.15) is 11.5 Å². The number of hydrogen-bond acceptors (Lipinski definition) is 9. The number of aromatic amines is 1. The molecule has 2 N–H and O–H groups in total. The molecule has 0 spiro atoms.